The van der Waals surface area contributed by atoms with Crippen molar-refractivity contribution in [1.29, 1.82) is 0 Å². The number of hydrogen-bond donors (Lipinski definition) is 0. The van der Waals surface area contributed by atoms with Crippen LogP contribution >= 0.6 is 11.8 Å². The summed E-state index contributed by atoms with van der Waals surface area (Å²) in [7, 11) is 0. The first-order chi connectivity index (χ1) is 29.6. The highest BCUT2D eigenvalue weighted by Crippen LogP contribution is 2.58. The lowest BCUT2D eigenvalue weighted by Gasteiger charge is -2.39. The third-order valence-electron chi connectivity index (χ3n) is 11.9. The van der Waals surface area contributed by atoms with E-state index in [0.29, 0.717) is 17.5 Å². The minimum absolute atomic E-state index is 0.0414. The minimum atomic E-state index is -0.452. The minimum Gasteiger partial charge on any atom is -0.256 e. The van der Waals surface area contributed by atoms with Crippen LogP contribution in [0.3, 0.4) is 0 Å². The van der Waals surface area contributed by atoms with Gasteiger partial charge >= 0.3 is 0 Å². The molecule has 3 atom stereocenters. The van der Waals surface area contributed by atoms with Crippen molar-refractivity contribution in [3.8, 4) is 67.5 Å². The summed E-state index contributed by atoms with van der Waals surface area (Å²) < 4.78 is 0. The van der Waals surface area contributed by atoms with Crippen LogP contribution in [0.2, 0.25) is 0 Å². The van der Waals surface area contributed by atoms with Crippen LogP contribution in [0.1, 0.15) is 24.0 Å². The summed E-state index contributed by atoms with van der Waals surface area (Å²) >= 11 is 1.83. The van der Waals surface area contributed by atoms with Crippen molar-refractivity contribution in [2.24, 2.45) is 5.92 Å². The van der Waals surface area contributed by atoms with E-state index in [0.717, 1.165) is 62.7 Å². The zero-order valence-corrected chi connectivity index (χ0v) is 34.0. The van der Waals surface area contributed by atoms with Gasteiger partial charge in [0.2, 0.25) is 0 Å². The smallest absolute Gasteiger partial charge is 0.164 e. The molecule has 2 aromatic heterocycles. The van der Waals surface area contributed by atoms with Crippen LogP contribution in [0.15, 0.2) is 207 Å². The van der Waals surface area contributed by atoms with Crippen molar-refractivity contribution in [2.75, 3.05) is 0 Å². The molecule has 0 amide bonds. The van der Waals surface area contributed by atoms with E-state index in [1.165, 1.54) is 22.3 Å². The Morgan fingerprint density at radius 2 is 1.10 bits per heavy atom. The highest BCUT2D eigenvalue weighted by Gasteiger charge is 2.48. The first kappa shape index (κ1) is 37.3. The number of aromatic nitrogens is 4. The predicted molar refractivity (Wildman–Crippen MR) is 251 cm³/mol. The first-order valence-electron chi connectivity index (χ1n) is 20.5. The van der Waals surface area contributed by atoms with Crippen LogP contribution < -0.4 is 0 Å². The molecule has 5 heteroatoms. The Balaban J connectivity index is 1.15. The van der Waals surface area contributed by atoms with E-state index >= 15 is 0 Å². The van der Waals surface area contributed by atoms with Crippen LogP contribution in [0, 0.1) is 5.92 Å². The monoisotopic (exact) mass is 790 g/mol. The first-order valence-corrected chi connectivity index (χ1v) is 21.4. The lowest BCUT2D eigenvalue weighted by atomic mass is 9.66. The number of nitrogens with zero attached hydrogens (tertiary/aromatic N) is 4. The molecule has 1 aliphatic carbocycles. The SMILES string of the molecule is C=CC1S/C=C/CC/C=C/C2(c3ccc(-c4cccc(-c5nc(-c6ccccc6)nc(-c6ccccc6)n5)c4)cc3-c3cc(-c4cccc5cccnc45)ccc32)C1C=C. The number of pyridine rings is 1. The van der Waals surface area contributed by atoms with E-state index in [-0.39, 0.29) is 11.2 Å². The fraction of sp³-hybridized carbons (Fsp3) is 0.0909. The molecule has 10 rings (SSSR count). The second kappa shape index (κ2) is 16.0. The van der Waals surface area contributed by atoms with Gasteiger partial charge in [-0.15, -0.1) is 24.9 Å². The third kappa shape index (κ3) is 6.61. The molecule has 1 spiro atoms. The number of hydrogen-bond acceptors (Lipinski definition) is 5. The second-order valence-corrected chi connectivity index (χ2v) is 16.4. The van der Waals surface area contributed by atoms with Gasteiger partial charge in [-0.05, 0) is 81.5 Å². The van der Waals surface area contributed by atoms with E-state index in [4.69, 9.17) is 19.9 Å². The average molecular weight is 791 g/mol. The summed E-state index contributed by atoms with van der Waals surface area (Å²) in [5.41, 5.74) is 12.8. The van der Waals surface area contributed by atoms with Gasteiger partial charge in [-0.2, -0.15) is 0 Å². The van der Waals surface area contributed by atoms with Gasteiger partial charge in [0.1, 0.15) is 0 Å². The molecule has 0 bridgehead atoms. The Hall–Kier alpha value is -6.95. The standard InChI is InChI=1S/C55H42N4S/c1-3-47-50(4-2)60-33-14-6-5-13-31-55(47)48-29-27-41(35-45(48)46-36-42(28-30-49(46)55)44-26-16-22-37-25-17-32-56-51(37)44)40-23-15-24-43(34-40)54-58-52(38-18-9-7-10-19-38)57-53(59-54)39-20-11-8-12-21-39/h3-4,7-36,47,50H,1-2,5-6H2/b31-13+,33-14+. The van der Waals surface area contributed by atoms with Gasteiger partial charge in [0.15, 0.2) is 17.5 Å². The van der Waals surface area contributed by atoms with Crippen LogP contribution in [0.25, 0.3) is 78.4 Å². The van der Waals surface area contributed by atoms with Crippen molar-refractivity contribution in [2.45, 2.75) is 23.5 Å². The molecule has 0 saturated heterocycles. The molecule has 60 heavy (non-hydrogen) atoms. The van der Waals surface area contributed by atoms with E-state index in [1.807, 2.05) is 84.7 Å². The van der Waals surface area contributed by atoms with Gasteiger partial charge in [0.25, 0.3) is 0 Å². The molecule has 3 unspecified atom stereocenters. The zero-order valence-electron chi connectivity index (χ0n) is 33.2. The van der Waals surface area contributed by atoms with Gasteiger partial charge in [-0.3, -0.25) is 4.98 Å². The number of benzene rings is 6. The number of para-hydroxylation sites is 1. The molecule has 4 nitrogen and oxygen atoms in total. The highest BCUT2D eigenvalue weighted by molar-refractivity contribution is 8.02. The summed E-state index contributed by atoms with van der Waals surface area (Å²) in [4.78, 5) is 19.9. The molecule has 0 saturated carbocycles. The van der Waals surface area contributed by atoms with Crippen LogP contribution in [0.4, 0.5) is 0 Å². The molecule has 0 radical (unpaired) electrons. The van der Waals surface area contributed by atoms with E-state index < -0.39 is 5.41 Å². The Labute approximate surface area is 355 Å². The van der Waals surface area contributed by atoms with Crippen molar-refractivity contribution < 1.29 is 0 Å². The number of thioether (sulfide) groups is 1. The molecule has 0 N–H and O–H groups in total. The van der Waals surface area contributed by atoms with Gasteiger partial charge in [0.05, 0.1) is 5.52 Å². The maximum absolute atomic E-state index is 5.04. The molecule has 6 aromatic carbocycles. The van der Waals surface area contributed by atoms with Gasteiger partial charge in [-0.25, -0.2) is 15.0 Å². The normalized spacial score (nSPS) is 19.3. The predicted octanol–water partition coefficient (Wildman–Crippen LogP) is 14.0. The maximum Gasteiger partial charge on any atom is 0.164 e. The fourth-order valence-electron chi connectivity index (χ4n) is 9.05. The largest absolute Gasteiger partial charge is 0.256 e. The summed E-state index contributed by atoms with van der Waals surface area (Å²) in [5.74, 6) is 1.96. The molecule has 288 valence electrons. The second-order valence-electron chi connectivity index (χ2n) is 15.3. The van der Waals surface area contributed by atoms with Crippen LogP contribution in [-0.2, 0) is 5.41 Å². The quantitative estimate of drug-likeness (QED) is 0.151. The number of rotatable bonds is 7. The fourth-order valence-corrected chi connectivity index (χ4v) is 10.1. The van der Waals surface area contributed by atoms with Gasteiger partial charge < -0.3 is 0 Å². The van der Waals surface area contributed by atoms with Crippen LogP contribution in [0.5, 0.6) is 0 Å². The molecular weight excluding hydrogens is 749 g/mol. The van der Waals surface area contributed by atoms with E-state index in [1.54, 1.807) is 0 Å². The van der Waals surface area contributed by atoms with E-state index in [2.05, 4.69) is 134 Å². The molecule has 2 aliphatic rings. The van der Waals surface area contributed by atoms with Crippen molar-refractivity contribution >= 4 is 22.7 Å². The van der Waals surface area contributed by atoms with Gasteiger partial charge in [-0.1, -0.05) is 158 Å². The molecule has 1 aliphatic heterocycles. The lowest BCUT2D eigenvalue weighted by molar-refractivity contribution is 0.484. The molecule has 3 heterocycles. The summed E-state index contributed by atoms with van der Waals surface area (Å²) in [6.07, 6.45) is 15.2. The Morgan fingerprint density at radius 1 is 0.517 bits per heavy atom. The van der Waals surface area contributed by atoms with Crippen molar-refractivity contribution in [3.05, 3.63) is 218 Å². The summed E-state index contributed by atoms with van der Waals surface area (Å²) in [5, 5.41) is 3.48. The Morgan fingerprint density at radius 3 is 1.80 bits per heavy atom. The zero-order chi connectivity index (χ0) is 40.5. The molecule has 0 fully saturated rings. The van der Waals surface area contributed by atoms with Crippen molar-refractivity contribution in [3.63, 3.8) is 0 Å². The number of allylic oxidation sites excluding steroid dienone is 4. The Kier molecular flexibility index (Phi) is 9.96. The average Bonchev–Trinajstić information content (AvgIpc) is 3.59. The van der Waals surface area contributed by atoms with E-state index in [9.17, 15) is 0 Å². The molecular formula is C55H42N4S. The maximum atomic E-state index is 5.04. The van der Waals surface area contributed by atoms with Crippen LogP contribution in [-0.4, -0.2) is 25.2 Å². The van der Waals surface area contributed by atoms with Gasteiger partial charge in [0, 0.05) is 50.4 Å². The highest BCUT2D eigenvalue weighted by atomic mass is 32.2. The molecule has 8 aromatic rings. The van der Waals surface area contributed by atoms with Crippen molar-refractivity contribution in [1.82, 2.24) is 19.9 Å². The lowest BCUT2D eigenvalue weighted by Crippen LogP contribution is -2.37. The summed E-state index contributed by atoms with van der Waals surface area (Å²) in [6.45, 7) is 8.83. The number of fused-ring (bicyclic) bond motifs is 6. The third-order valence-corrected chi connectivity index (χ3v) is 13.0. The summed E-state index contributed by atoms with van der Waals surface area (Å²) in [6, 6.07) is 53.4. The topological polar surface area (TPSA) is 51.6 Å². The Bertz CT molecular complexity index is 2910.